The molecule has 8 rings (SSSR count). The summed E-state index contributed by atoms with van der Waals surface area (Å²) in [5.74, 6) is 0. The fraction of sp³-hybridized carbons (Fsp3) is 0.100. The summed E-state index contributed by atoms with van der Waals surface area (Å²) in [5.41, 5.74) is 16.9. The standard InChI is InChI=1S/C40H32BN/c1-27-18-21-32(22-19-27)42-37-25-30(28-12-6-4-7-13-28)20-23-36(37)41-35-17-11-10-16-33(35)40(2,3)34-24-31(26-38(42)39(34)41)29-14-8-5-9-15-29/h4-26H,1-3H3. The molecule has 0 saturated carbocycles. The Kier molecular flexibility index (Phi) is 5.56. The summed E-state index contributed by atoms with van der Waals surface area (Å²) in [6.45, 7) is 7.13. The van der Waals surface area contributed by atoms with Gasteiger partial charge in [0.15, 0.2) is 0 Å². The molecule has 1 nitrogen and oxygen atoms in total. The fourth-order valence-corrected chi connectivity index (χ4v) is 7.28. The highest BCUT2D eigenvalue weighted by atomic mass is 15.2. The van der Waals surface area contributed by atoms with Crippen molar-refractivity contribution in [2.75, 3.05) is 4.90 Å². The average molecular weight is 538 g/mol. The first-order chi connectivity index (χ1) is 20.5. The topological polar surface area (TPSA) is 3.24 Å². The lowest BCUT2D eigenvalue weighted by Crippen LogP contribution is -2.64. The van der Waals surface area contributed by atoms with Crippen molar-refractivity contribution in [2.24, 2.45) is 0 Å². The lowest BCUT2D eigenvalue weighted by Gasteiger charge is -2.45. The van der Waals surface area contributed by atoms with Gasteiger partial charge in [0.05, 0.1) is 0 Å². The van der Waals surface area contributed by atoms with Crippen molar-refractivity contribution in [1.82, 2.24) is 0 Å². The van der Waals surface area contributed by atoms with E-state index in [9.17, 15) is 0 Å². The van der Waals surface area contributed by atoms with Crippen LogP contribution < -0.4 is 21.3 Å². The number of hydrogen-bond donors (Lipinski definition) is 0. The van der Waals surface area contributed by atoms with Gasteiger partial charge >= 0.3 is 0 Å². The molecule has 42 heavy (non-hydrogen) atoms. The highest BCUT2D eigenvalue weighted by molar-refractivity contribution is 6.99. The van der Waals surface area contributed by atoms with Crippen molar-refractivity contribution in [1.29, 1.82) is 0 Å². The highest BCUT2D eigenvalue weighted by Gasteiger charge is 2.46. The van der Waals surface area contributed by atoms with Crippen LogP contribution in [0.25, 0.3) is 22.3 Å². The molecule has 0 spiro atoms. The summed E-state index contributed by atoms with van der Waals surface area (Å²) in [7, 11) is 0. The van der Waals surface area contributed by atoms with Crippen LogP contribution in [0.3, 0.4) is 0 Å². The molecule has 2 aliphatic rings. The Hall–Kier alpha value is -4.82. The zero-order valence-corrected chi connectivity index (χ0v) is 24.3. The molecule has 0 atom stereocenters. The van der Waals surface area contributed by atoms with Crippen molar-refractivity contribution in [2.45, 2.75) is 26.2 Å². The van der Waals surface area contributed by atoms with Gasteiger partial charge in [-0.3, -0.25) is 0 Å². The van der Waals surface area contributed by atoms with Crippen molar-refractivity contribution >= 4 is 40.2 Å². The van der Waals surface area contributed by atoms with Gasteiger partial charge in [-0.25, -0.2) is 0 Å². The van der Waals surface area contributed by atoms with E-state index in [-0.39, 0.29) is 12.1 Å². The molecule has 6 aromatic carbocycles. The van der Waals surface area contributed by atoms with Gasteiger partial charge < -0.3 is 4.90 Å². The average Bonchev–Trinajstić information content (AvgIpc) is 3.04. The van der Waals surface area contributed by atoms with Crippen LogP contribution in [0, 0.1) is 6.92 Å². The molecular formula is C40H32BN. The van der Waals surface area contributed by atoms with Gasteiger partial charge in [-0.05, 0) is 75.5 Å². The number of nitrogens with zero attached hydrogens (tertiary/aromatic N) is 1. The van der Waals surface area contributed by atoms with E-state index < -0.39 is 0 Å². The molecule has 0 unspecified atom stereocenters. The van der Waals surface area contributed by atoms with E-state index in [0.717, 1.165) is 0 Å². The molecule has 0 aliphatic carbocycles. The van der Waals surface area contributed by atoms with Crippen LogP contribution in [0.5, 0.6) is 0 Å². The van der Waals surface area contributed by atoms with Gasteiger partial charge in [0.1, 0.15) is 0 Å². The van der Waals surface area contributed by atoms with Crippen molar-refractivity contribution < 1.29 is 0 Å². The second-order valence-electron chi connectivity index (χ2n) is 12.3. The van der Waals surface area contributed by atoms with Crippen LogP contribution in [0.15, 0.2) is 140 Å². The molecule has 0 N–H and O–H groups in total. The van der Waals surface area contributed by atoms with Gasteiger partial charge in [0, 0.05) is 22.5 Å². The van der Waals surface area contributed by atoms with E-state index in [0.29, 0.717) is 0 Å². The van der Waals surface area contributed by atoms with Crippen molar-refractivity contribution in [3.8, 4) is 22.3 Å². The zero-order chi connectivity index (χ0) is 28.4. The van der Waals surface area contributed by atoms with Crippen LogP contribution in [0.1, 0.15) is 30.5 Å². The van der Waals surface area contributed by atoms with E-state index in [1.165, 1.54) is 72.4 Å². The predicted octanol–water partition coefficient (Wildman–Crippen LogP) is 8.27. The smallest absolute Gasteiger partial charge is 0.247 e. The normalized spacial score (nSPS) is 14.2. The lowest BCUT2D eigenvalue weighted by molar-refractivity contribution is 0.646. The first-order valence-electron chi connectivity index (χ1n) is 14.9. The van der Waals surface area contributed by atoms with Crippen LogP contribution >= 0.6 is 0 Å². The Morgan fingerprint density at radius 1 is 0.500 bits per heavy atom. The van der Waals surface area contributed by atoms with E-state index in [4.69, 9.17) is 0 Å². The zero-order valence-electron chi connectivity index (χ0n) is 24.3. The molecule has 0 saturated heterocycles. The largest absolute Gasteiger partial charge is 0.311 e. The summed E-state index contributed by atoms with van der Waals surface area (Å²) in [5, 5.41) is 0. The van der Waals surface area contributed by atoms with Gasteiger partial charge in [0.25, 0.3) is 0 Å². The number of fused-ring (bicyclic) bond motifs is 4. The van der Waals surface area contributed by atoms with E-state index in [1.54, 1.807) is 0 Å². The quantitative estimate of drug-likeness (QED) is 0.205. The molecular weight excluding hydrogens is 505 g/mol. The second-order valence-corrected chi connectivity index (χ2v) is 12.3. The summed E-state index contributed by atoms with van der Waals surface area (Å²) >= 11 is 0. The van der Waals surface area contributed by atoms with Crippen LogP contribution in [0.2, 0.25) is 0 Å². The van der Waals surface area contributed by atoms with Gasteiger partial charge in [-0.1, -0.05) is 140 Å². The number of benzene rings is 6. The Bertz CT molecular complexity index is 1960. The third-order valence-corrected chi connectivity index (χ3v) is 9.40. The Labute approximate surface area is 249 Å². The Morgan fingerprint density at radius 3 is 1.83 bits per heavy atom. The maximum Gasteiger partial charge on any atom is 0.247 e. The molecule has 0 amide bonds. The second kappa shape index (κ2) is 9.36. The van der Waals surface area contributed by atoms with Crippen molar-refractivity contribution in [3.05, 3.63) is 156 Å². The molecule has 0 bridgehead atoms. The Balaban J connectivity index is 1.49. The minimum Gasteiger partial charge on any atom is -0.311 e. The SMILES string of the molecule is Cc1ccc(N2c3cc(-c4ccccc4)ccc3B3c4ccccc4C(C)(C)c4cc(-c5ccccc5)cc2c43)cc1. The summed E-state index contributed by atoms with van der Waals surface area (Å²) < 4.78 is 0. The molecule has 2 heterocycles. The van der Waals surface area contributed by atoms with Crippen LogP contribution in [-0.2, 0) is 5.41 Å². The van der Waals surface area contributed by atoms with Gasteiger partial charge in [-0.2, -0.15) is 0 Å². The highest BCUT2D eigenvalue weighted by Crippen LogP contribution is 2.45. The minimum absolute atomic E-state index is 0.137. The number of aryl methyl sites for hydroxylation is 1. The van der Waals surface area contributed by atoms with Crippen LogP contribution in [0.4, 0.5) is 17.1 Å². The number of anilines is 3. The molecule has 2 heteroatoms. The van der Waals surface area contributed by atoms with Crippen molar-refractivity contribution in [3.63, 3.8) is 0 Å². The number of hydrogen-bond acceptors (Lipinski definition) is 1. The molecule has 0 fully saturated rings. The van der Waals surface area contributed by atoms with E-state index in [2.05, 4.69) is 165 Å². The third-order valence-electron chi connectivity index (χ3n) is 9.40. The minimum atomic E-state index is -0.137. The molecule has 2 aliphatic heterocycles. The molecule has 0 radical (unpaired) electrons. The first kappa shape index (κ1) is 24.9. The van der Waals surface area contributed by atoms with Crippen LogP contribution in [-0.4, -0.2) is 6.71 Å². The summed E-state index contributed by atoms with van der Waals surface area (Å²) in [4.78, 5) is 2.52. The summed E-state index contributed by atoms with van der Waals surface area (Å²) in [6, 6.07) is 51.7. The molecule has 200 valence electrons. The monoisotopic (exact) mass is 537 g/mol. The van der Waals surface area contributed by atoms with Gasteiger partial charge in [-0.15, -0.1) is 0 Å². The summed E-state index contributed by atoms with van der Waals surface area (Å²) in [6.07, 6.45) is 0. The fourth-order valence-electron chi connectivity index (χ4n) is 7.28. The van der Waals surface area contributed by atoms with Gasteiger partial charge in [0.2, 0.25) is 6.71 Å². The molecule has 0 aromatic heterocycles. The maximum absolute atomic E-state index is 2.52. The van der Waals surface area contributed by atoms with E-state index >= 15 is 0 Å². The first-order valence-corrected chi connectivity index (χ1v) is 14.9. The molecule has 6 aromatic rings. The predicted molar refractivity (Wildman–Crippen MR) is 180 cm³/mol. The van der Waals surface area contributed by atoms with E-state index in [1.807, 2.05) is 0 Å². The Morgan fingerprint density at radius 2 is 1.12 bits per heavy atom. The maximum atomic E-state index is 2.52. The lowest BCUT2D eigenvalue weighted by atomic mass is 9.30. The number of rotatable bonds is 3. The third kappa shape index (κ3) is 3.72.